The number of aromatic nitrogens is 3. The number of nitrogens with zero attached hydrogens (tertiary/aromatic N) is 2. The summed E-state index contributed by atoms with van der Waals surface area (Å²) >= 11 is 7.43. The van der Waals surface area contributed by atoms with Crippen molar-refractivity contribution in [2.75, 3.05) is 7.11 Å². The predicted octanol–water partition coefficient (Wildman–Crippen LogP) is 4.48. The van der Waals surface area contributed by atoms with E-state index in [4.69, 9.17) is 16.3 Å². The Kier molecular flexibility index (Phi) is 4.91. The Balaban J connectivity index is 1.72. The van der Waals surface area contributed by atoms with Gasteiger partial charge in [0.2, 0.25) is 0 Å². The maximum absolute atomic E-state index is 13.9. The smallest absolute Gasteiger partial charge is 0.333 e. The quantitative estimate of drug-likeness (QED) is 0.492. The molecule has 0 saturated heterocycles. The van der Waals surface area contributed by atoms with E-state index in [0.29, 0.717) is 26.3 Å². The molecule has 31 heavy (non-hydrogen) atoms. The number of hydrogen-bond donors (Lipinski definition) is 1. The van der Waals surface area contributed by atoms with Crippen LogP contribution in [-0.2, 0) is 12.8 Å². The predicted molar refractivity (Wildman–Crippen MR) is 119 cm³/mol. The summed E-state index contributed by atoms with van der Waals surface area (Å²) in [4.78, 5) is 33.9. The van der Waals surface area contributed by atoms with Gasteiger partial charge < -0.3 is 9.72 Å². The lowest BCUT2D eigenvalue weighted by Gasteiger charge is -2.18. The van der Waals surface area contributed by atoms with Crippen LogP contribution in [0.2, 0.25) is 5.02 Å². The van der Waals surface area contributed by atoms with Crippen LogP contribution >= 0.6 is 22.9 Å². The molecule has 6 nitrogen and oxygen atoms in total. The van der Waals surface area contributed by atoms with Gasteiger partial charge in [0.25, 0.3) is 5.56 Å². The van der Waals surface area contributed by atoms with Gasteiger partial charge in [-0.2, -0.15) is 0 Å². The topological polar surface area (TPSA) is 77.0 Å². The molecule has 0 unspecified atom stereocenters. The second-order valence-electron chi connectivity index (χ2n) is 7.39. The summed E-state index contributed by atoms with van der Waals surface area (Å²) in [6.07, 6.45) is 7.15. The van der Waals surface area contributed by atoms with Crippen LogP contribution in [0.5, 0.6) is 5.75 Å². The number of aromatic amines is 1. The highest BCUT2D eigenvalue weighted by Gasteiger charge is 2.20. The molecule has 0 saturated carbocycles. The largest absolute Gasteiger partial charge is 0.494 e. The Morgan fingerprint density at radius 2 is 2.00 bits per heavy atom. The summed E-state index contributed by atoms with van der Waals surface area (Å²) in [6, 6.07) is 4.32. The fourth-order valence-electron chi connectivity index (χ4n) is 4.07. The lowest BCUT2D eigenvalue weighted by molar-refractivity contribution is 0.387. The van der Waals surface area contributed by atoms with Crippen molar-refractivity contribution in [1.82, 2.24) is 14.5 Å². The molecular weight excluding hydrogens is 441 g/mol. The molecule has 9 heteroatoms. The highest BCUT2D eigenvalue weighted by atomic mass is 35.5. The molecule has 0 bridgehead atoms. The number of benzene rings is 1. The second kappa shape index (κ2) is 7.62. The van der Waals surface area contributed by atoms with Gasteiger partial charge >= 0.3 is 5.69 Å². The number of halogens is 2. The monoisotopic (exact) mass is 457 g/mol. The standard InChI is InChI=1S/C22H17ClFN3O3S/c1-30-18-6-13(14(23)7-15(18)24)19-8-16-20(31-19)21(28)27(22(29)26-16)17-10-25-9-11-4-2-3-5-12(11)17/h6-10H,2-5H2,1H3,(H,26,29). The van der Waals surface area contributed by atoms with Crippen molar-refractivity contribution < 1.29 is 9.13 Å². The maximum atomic E-state index is 13.9. The van der Waals surface area contributed by atoms with Gasteiger partial charge in [-0.25, -0.2) is 13.8 Å². The number of ether oxygens (including phenoxy) is 1. The SMILES string of the molecule is COc1cc(-c2cc3[nH]c(=O)n(-c4cncc5c4CCCC5)c(=O)c3s2)c(Cl)cc1F. The van der Waals surface area contributed by atoms with Crippen LogP contribution in [0.25, 0.3) is 26.3 Å². The molecule has 3 heterocycles. The van der Waals surface area contributed by atoms with Gasteiger partial charge in [0.1, 0.15) is 4.70 Å². The first-order valence-corrected chi connectivity index (χ1v) is 11.0. The van der Waals surface area contributed by atoms with Crippen molar-refractivity contribution in [3.8, 4) is 21.9 Å². The first-order valence-electron chi connectivity index (χ1n) is 9.76. The zero-order valence-corrected chi connectivity index (χ0v) is 18.1. The third kappa shape index (κ3) is 3.26. The third-order valence-electron chi connectivity index (χ3n) is 5.57. The number of methoxy groups -OCH3 is 1. The Morgan fingerprint density at radius 3 is 2.81 bits per heavy atom. The van der Waals surface area contributed by atoms with E-state index in [0.717, 1.165) is 41.4 Å². The molecule has 1 aliphatic rings. The number of thiophene rings is 1. The van der Waals surface area contributed by atoms with E-state index in [1.165, 1.54) is 30.6 Å². The van der Waals surface area contributed by atoms with Gasteiger partial charge in [-0.05, 0) is 55.0 Å². The lowest BCUT2D eigenvalue weighted by Crippen LogP contribution is -2.34. The average Bonchev–Trinajstić information content (AvgIpc) is 3.18. The number of fused-ring (bicyclic) bond motifs is 2. The molecule has 0 fully saturated rings. The van der Waals surface area contributed by atoms with E-state index in [9.17, 15) is 14.0 Å². The van der Waals surface area contributed by atoms with Crippen molar-refractivity contribution in [3.63, 3.8) is 0 Å². The minimum atomic E-state index is -0.575. The fraction of sp³-hybridized carbons (Fsp3) is 0.227. The number of H-pyrrole nitrogens is 1. The van der Waals surface area contributed by atoms with E-state index in [2.05, 4.69) is 9.97 Å². The summed E-state index contributed by atoms with van der Waals surface area (Å²) in [5, 5.41) is 0.189. The van der Waals surface area contributed by atoms with Gasteiger partial charge in [0.15, 0.2) is 11.6 Å². The van der Waals surface area contributed by atoms with Crippen molar-refractivity contribution in [1.29, 1.82) is 0 Å². The van der Waals surface area contributed by atoms with E-state index < -0.39 is 17.1 Å². The molecule has 1 N–H and O–H groups in total. The van der Waals surface area contributed by atoms with Crippen LogP contribution in [0.1, 0.15) is 24.0 Å². The van der Waals surface area contributed by atoms with Crippen LogP contribution < -0.4 is 16.0 Å². The zero-order valence-electron chi connectivity index (χ0n) is 16.5. The van der Waals surface area contributed by atoms with Crippen LogP contribution in [0.3, 0.4) is 0 Å². The molecule has 5 rings (SSSR count). The molecule has 0 spiro atoms. The Labute approximate surface area is 184 Å². The number of rotatable bonds is 3. The Bertz CT molecular complexity index is 1460. The van der Waals surface area contributed by atoms with Crippen molar-refractivity contribution in [2.24, 2.45) is 0 Å². The number of nitrogens with one attached hydrogen (secondary N) is 1. The summed E-state index contributed by atoms with van der Waals surface area (Å²) in [7, 11) is 1.37. The molecule has 1 aromatic carbocycles. The number of hydrogen-bond acceptors (Lipinski definition) is 5. The Hall–Kier alpha value is -2.97. The van der Waals surface area contributed by atoms with Crippen molar-refractivity contribution in [3.05, 3.63) is 73.4 Å². The summed E-state index contributed by atoms with van der Waals surface area (Å²) in [5.74, 6) is -0.528. The maximum Gasteiger partial charge on any atom is 0.333 e. The van der Waals surface area contributed by atoms with E-state index >= 15 is 0 Å². The highest BCUT2D eigenvalue weighted by Crippen LogP contribution is 2.38. The highest BCUT2D eigenvalue weighted by molar-refractivity contribution is 7.22. The molecule has 0 radical (unpaired) electrons. The van der Waals surface area contributed by atoms with Crippen LogP contribution in [0.15, 0.2) is 40.2 Å². The molecule has 0 atom stereocenters. The molecule has 158 valence electrons. The lowest BCUT2D eigenvalue weighted by atomic mass is 9.92. The molecule has 3 aromatic heterocycles. The van der Waals surface area contributed by atoms with Crippen LogP contribution in [-0.4, -0.2) is 21.6 Å². The summed E-state index contributed by atoms with van der Waals surface area (Å²) in [5.41, 5.74) is 2.59. The Morgan fingerprint density at radius 1 is 1.19 bits per heavy atom. The van der Waals surface area contributed by atoms with Crippen LogP contribution in [0, 0.1) is 5.82 Å². The van der Waals surface area contributed by atoms with Gasteiger partial charge in [-0.15, -0.1) is 11.3 Å². The summed E-state index contributed by atoms with van der Waals surface area (Å²) < 4.78 is 20.5. The minimum absolute atomic E-state index is 0.0461. The second-order valence-corrected chi connectivity index (χ2v) is 8.85. The zero-order chi connectivity index (χ0) is 21.7. The first-order chi connectivity index (χ1) is 15.0. The number of pyridine rings is 1. The van der Waals surface area contributed by atoms with E-state index in [1.807, 2.05) is 6.20 Å². The summed E-state index contributed by atoms with van der Waals surface area (Å²) in [6.45, 7) is 0. The van der Waals surface area contributed by atoms with Crippen molar-refractivity contribution in [2.45, 2.75) is 25.7 Å². The van der Waals surface area contributed by atoms with E-state index in [1.54, 1.807) is 12.3 Å². The van der Waals surface area contributed by atoms with Gasteiger partial charge in [-0.1, -0.05) is 11.6 Å². The van der Waals surface area contributed by atoms with Gasteiger partial charge in [0.05, 0.1) is 29.5 Å². The van der Waals surface area contributed by atoms with Crippen molar-refractivity contribution >= 4 is 33.2 Å². The molecule has 0 amide bonds. The first kappa shape index (κ1) is 20.0. The normalized spacial score (nSPS) is 13.4. The molecular formula is C22H17ClFN3O3S. The minimum Gasteiger partial charge on any atom is -0.494 e. The van der Waals surface area contributed by atoms with E-state index in [-0.39, 0.29) is 10.8 Å². The fourth-order valence-corrected chi connectivity index (χ4v) is 5.45. The molecule has 4 aromatic rings. The number of aryl methyl sites for hydroxylation is 1. The van der Waals surface area contributed by atoms with Gasteiger partial charge in [-0.3, -0.25) is 9.78 Å². The third-order valence-corrected chi connectivity index (χ3v) is 7.04. The average molecular weight is 458 g/mol. The van der Waals surface area contributed by atoms with Gasteiger partial charge in [0, 0.05) is 16.6 Å². The molecule has 1 aliphatic carbocycles. The molecule has 0 aliphatic heterocycles. The van der Waals surface area contributed by atoms with Crippen LogP contribution in [0.4, 0.5) is 4.39 Å².